The zero-order chi connectivity index (χ0) is 19.8. The van der Waals surface area contributed by atoms with Crippen LogP contribution in [0.25, 0.3) is 0 Å². The van der Waals surface area contributed by atoms with Crippen LogP contribution < -0.4 is 10.1 Å². The lowest BCUT2D eigenvalue weighted by molar-refractivity contribution is -0.132. The Morgan fingerprint density at radius 1 is 1.14 bits per heavy atom. The predicted octanol–water partition coefficient (Wildman–Crippen LogP) is 3.15. The number of carbonyl (C=O) groups is 1. The molecule has 2 fully saturated rings. The van der Waals surface area contributed by atoms with E-state index in [1.165, 1.54) is 26.1 Å². The van der Waals surface area contributed by atoms with Crippen LogP contribution in [0.15, 0.2) is 24.3 Å². The molecule has 1 aromatic carbocycles. The van der Waals surface area contributed by atoms with Crippen LogP contribution in [-0.2, 0) is 11.3 Å². The first-order valence-electron chi connectivity index (χ1n) is 11.0. The van der Waals surface area contributed by atoms with Gasteiger partial charge in [0, 0.05) is 38.3 Å². The molecule has 0 aliphatic carbocycles. The fourth-order valence-corrected chi connectivity index (χ4v) is 4.61. The zero-order valence-electron chi connectivity index (χ0n) is 17.7. The minimum absolute atomic E-state index is 0.102. The van der Waals surface area contributed by atoms with Crippen LogP contribution in [0, 0.1) is 11.8 Å². The first kappa shape index (κ1) is 21.1. The highest BCUT2D eigenvalue weighted by Crippen LogP contribution is 2.21. The number of piperidine rings is 1. The molecule has 1 N–H and O–H groups in total. The molecule has 2 unspecified atom stereocenters. The smallest absolute Gasteiger partial charge is 0.260 e. The molecule has 0 bridgehead atoms. The van der Waals surface area contributed by atoms with Crippen molar-refractivity contribution in [1.29, 1.82) is 0 Å². The van der Waals surface area contributed by atoms with E-state index in [4.69, 9.17) is 4.74 Å². The molecule has 1 aromatic rings. The van der Waals surface area contributed by atoms with Crippen LogP contribution in [0.5, 0.6) is 5.75 Å². The molecule has 5 nitrogen and oxygen atoms in total. The lowest BCUT2D eigenvalue weighted by Gasteiger charge is -2.34. The van der Waals surface area contributed by atoms with Gasteiger partial charge in [-0.05, 0) is 56.7 Å². The number of amides is 1. The molecular weight excluding hydrogens is 350 g/mol. The maximum Gasteiger partial charge on any atom is 0.260 e. The summed E-state index contributed by atoms with van der Waals surface area (Å²) >= 11 is 0. The van der Waals surface area contributed by atoms with Gasteiger partial charge in [-0.3, -0.25) is 4.79 Å². The van der Waals surface area contributed by atoms with Gasteiger partial charge in [-0.25, -0.2) is 0 Å². The lowest BCUT2D eigenvalue weighted by Crippen LogP contribution is -2.39. The number of hydrogen-bond donors (Lipinski definition) is 1. The number of rotatable bonds is 9. The standard InChI is InChI=1S/C23H37N3O2/c1-19-14-20(2)17-25(16-19)11-7-10-24-15-21-8-3-4-9-22(21)28-18-23(27)26-12-5-6-13-26/h3-4,8-9,19-20,24H,5-7,10-18H2,1-2H3. The number of likely N-dealkylation sites (tertiary alicyclic amines) is 2. The summed E-state index contributed by atoms with van der Waals surface area (Å²) in [6.45, 7) is 12.1. The summed E-state index contributed by atoms with van der Waals surface area (Å²) in [6, 6.07) is 8.04. The molecular formula is C23H37N3O2. The van der Waals surface area contributed by atoms with Crippen molar-refractivity contribution < 1.29 is 9.53 Å². The molecule has 0 spiro atoms. The molecule has 2 aliphatic rings. The molecule has 0 radical (unpaired) electrons. The molecule has 2 aliphatic heterocycles. The highest BCUT2D eigenvalue weighted by Gasteiger charge is 2.21. The Morgan fingerprint density at radius 2 is 1.86 bits per heavy atom. The van der Waals surface area contributed by atoms with Crippen LogP contribution in [0.2, 0.25) is 0 Å². The Labute approximate surface area is 170 Å². The molecule has 0 aromatic heterocycles. The minimum Gasteiger partial charge on any atom is -0.483 e. The van der Waals surface area contributed by atoms with Crippen molar-refractivity contribution in [3.8, 4) is 5.75 Å². The Hall–Kier alpha value is -1.59. The van der Waals surface area contributed by atoms with Gasteiger partial charge in [0.05, 0.1) is 0 Å². The summed E-state index contributed by atoms with van der Waals surface area (Å²) in [5.41, 5.74) is 1.12. The molecule has 2 saturated heterocycles. The molecule has 5 heteroatoms. The highest BCUT2D eigenvalue weighted by atomic mass is 16.5. The largest absolute Gasteiger partial charge is 0.483 e. The summed E-state index contributed by atoms with van der Waals surface area (Å²) in [5, 5.41) is 3.54. The van der Waals surface area contributed by atoms with E-state index in [0.29, 0.717) is 0 Å². The first-order chi connectivity index (χ1) is 13.6. The number of para-hydroxylation sites is 1. The highest BCUT2D eigenvalue weighted by molar-refractivity contribution is 5.78. The Balaban J connectivity index is 1.37. The van der Waals surface area contributed by atoms with Crippen molar-refractivity contribution in [2.75, 3.05) is 45.9 Å². The van der Waals surface area contributed by atoms with Gasteiger partial charge in [-0.1, -0.05) is 32.0 Å². The van der Waals surface area contributed by atoms with Crippen molar-refractivity contribution in [3.63, 3.8) is 0 Å². The number of hydrogen-bond acceptors (Lipinski definition) is 4. The van der Waals surface area contributed by atoms with Crippen molar-refractivity contribution in [2.24, 2.45) is 11.8 Å². The fraction of sp³-hybridized carbons (Fsp3) is 0.696. The molecule has 0 saturated carbocycles. The van der Waals surface area contributed by atoms with Crippen LogP contribution in [-0.4, -0.2) is 61.6 Å². The second-order valence-electron chi connectivity index (χ2n) is 8.72. The number of carbonyl (C=O) groups excluding carboxylic acids is 1. The summed E-state index contributed by atoms with van der Waals surface area (Å²) in [5.74, 6) is 2.57. The van der Waals surface area contributed by atoms with Crippen molar-refractivity contribution in [2.45, 2.75) is 46.1 Å². The van der Waals surface area contributed by atoms with Gasteiger partial charge in [0.25, 0.3) is 5.91 Å². The Kier molecular flexibility index (Phi) is 8.16. The summed E-state index contributed by atoms with van der Waals surface area (Å²) in [4.78, 5) is 16.7. The van der Waals surface area contributed by atoms with Gasteiger partial charge in [-0.2, -0.15) is 0 Å². The van der Waals surface area contributed by atoms with Crippen LogP contribution in [0.3, 0.4) is 0 Å². The fourth-order valence-electron chi connectivity index (χ4n) is 4.61. The van der Waals surface area contributed by atoms with Gasteiger partial charge in [-0.15, -0.1) is 0 Å². The molecule has 156 valence electrons. The van der Waals surface area contributed by atoms with E-state index in [0.717, 1.165) is 68.6 Å². The van der Waals surface area contributed by atoms with E-state index in [9.17, 15) is 4.79 Å². The third-order valence-corrected chi connectivity index (χ3v) is 5.87. The molecule has 3 rings (SSSR count). The van der Waals surface area contributed by atoms with Crippen molar-refractivity contribution in [1.82, 2.24) is 15.1 Å². The third kappa shape index (κ3) is 6.49. The van der Waals surface area contributed by atoms with E-state index in [2.05, 4.69) is 30.1 Å². The second kappa shape index (κ2) is 10.8. The van der Waals surface area contributed by atoms with Crippen LogP contribution in [0.4, 0.5) is 0 Å². The zero-order valence-corrected chi connectivity index (χ0v) is 17.7. The van der Waals surface area contributed by atoms with Crippen LogP contribution >= 0.6 is 0 Å². The molecule has 2 heterocycles. The minimum atomic E-state index is 0.102. The number of nitrogens with zero attached hydrogens (tertiary/aromatic N) is 2. The van der Waals surface area contributed by atoms with Gasteiger partial charge < -0.3 is 19.9 Å². The first-order valence-corrected chi connectivity index (χ1v) is 11.0. The van der Waals surface area contributed by atoms with Crippen molar-refractivity contribution in [3.05, 3.63) is 29.8 Å². The van der Waals surface area contributed by atoms with Crippen LogP contribution in [0.1, 0.15) is 45.1 Å². The SMILES string of the molecule is CC1CC(C)CN(CCCNCc2ccccc2OCC(=O)N2CCCC2)C1. The average molecular weight is 388 g/mol. The topological polar surface area (TPSA) is 44.8 Å². The maximum atomic E-state index is 12.2. The predicted molar refractivity (Wildman–Crippen MR) is 113 cm³/mol. The second-order valence-corrected chi connectivity index (χ2v) is 8.72. The monoisotopic (exact) mass is 387 g/mol. The van der Waals surface area contributed by atoms with Gasteiger partial charge in [0.1, 0.15) is 5.75 Å². The van der Waals surface area contributed by atoms with E-state index < -0.39 is 0 Å². The quantitative estimate of drug-likeness (QED) is 0.661. The normalized spacial score (nSPS) is 23.1. The average Bonchev–Trinajstić information content (AvgIpc) is 3.21. The van der Waals surface area contributed by atoms with E-state index >= 15 is 0 Å². The van der Waals surface area contributed by atoms with Gasteiger partial charge >= 0.3 is 0 Å². The van der Waals surface area contributed by atoms with Gasteiger partial charge in [0.15, 0.2) is 6.61 Å². The Bertz CT molecular complexity index is 606. The van der Waals surface area contributed by atoms with E-state index in [1.54, 1.807) is 0 Å². The third-order valence-electron chi connectivity index (χ3n) is 5.87. The molecule has 2 atom stereocenters. The molecule has 1 amide bonds. The summed E-state index contributed by atoms with van der Waals surface area (Å²) in [7, 11) is 0. The summed E-state index contributed by atoms with van der Waals surface area (Å²) < 4.78 is 5.85. The Morgan fingerprint density at radius 3 is 2.61 bits per heavy atom. The maximum absolute atomic E-state index is 12.2. The number of nitrogens with one attached hydrogen (secondary N) is 1. The van der Waals surface area contributed by atoms with Crippen molar-refractivity contribution >= 4 is 5.91 Å². The number of benzene rings is 1. The number of ether oxygens (including phenoxy) is 1. The summed E-state index contributed by atoms with van der Waals surface area (Å²) in [6.07, 6.45) is 4.75. The van der Waals surface area contributed by atoms with Gasteiger partial charge in [0.2, 0.25) is 0 Å². The van der Waals surface area contributed by atoms with E-state index in [-0.39, 0.29) is 12.5 Å². The molecule has 28 heavy (non-hydrogen) atoms. The van der Waals surface area contributed by atoms with E-state index in [1.807, 2.05) is 23.1 Å². The lowest BCUT2D eigenvalue weighted by atomic mass is 9.92.